The van der Waals surface area contributed by atoms with Crippen LogP contribution in [-0.2, 0) is 11.3 Å². The molecule has 2 aromatic rings. The van der Waals surface area contributed by atoms with Gasteiger partial charge < -0.3 is 9.30 Å². The summed E-state index contributed by atoms with van der Waals surface area (Å²) in [6.07, 6.45) is 6.11. The molecule has 0 spiro atoms. The van der Waals surface area contributed by atoms with Gasteiger partial charge in [-0.2, -0.15) is 0 Å². The third-order valence-electron chi connectivity index (χ3n) is 4.40. The summed E-state index contributed by atoms with van der Waals surface area (Å²) in [5, 5.41) is 0. The quantitative estimate of drug-likeness (QED) is 0.767. The average Bonchev–Trinajstić information content (AvgIpc) is 2.55. The van der Waals surface area contributed by atoms with Crippen molar-refractivity contribution in [1.82, 2.24) is 4.57 Å². The Morgan fingerprint density at radius 1 is 1.13 bits per heavy atom. The molecule has 124 valence electrons. The predicted octanol–water partition coefficient (Wildman–Crippen LogP) is 4.19. The first-order valence-corrected chi connectivity index (χ1v) is 8.31. The summed E-state index contributed by atoms with van der Waals surface area (Å²) in [4.78, 5) is 12.5. The maximum absolute atomic E-state index is 12.5. The Morgan fingerprint density at radius 2 is 1.83 bits per heavy atom. The van der Waals surface area contributed by atoms with E-state index in [1.54, 1.807) is 7.11 Å². The van der Waals surface area contributed by atoms with Crippen molar-refractivity contribution < 1.29 is 4.74 Å². The Labute approximate surface area is 138 Å². The van der Waals surface area contributed by atoms with E-state index in [9.17, 15) is 4.79 Å². The molecule has 0 aliphatic heterocycles. The van der Waals surface area contributed by atoms with E-state index in [2.05, 4.69) is 30.5 Å². The average molecular weight is 313 g/mol. The van der Waals surface area contributed by atoms with Crippen molar-refractivity contribution in [2.75, 3.05) is 13.7 Å². The van der Waals surface area contributed by atoms with Gasteiger partial charge >= 0.3 is 0 Å². The minimum Gasteiger partial charge on any atom is -0.385 e. The van der Waals surface area contributed by atoms with Crippen LogP contribution in [0.25, 0.3) is 11.1 Å². The molecule has 2 rings (SSSR count). The van der Waals surface area contributed by atoms with E-state index in [-0.39, 0.29) is 5.43 Å². The topological polar surface area (TPSA) is 31.2 Å². The first-order chi connectivity index (χ1) is 11.0. The molecule has 0 saturated carbocycles. The molecule has 0 saturated heterocycles. The molecule has 3 heteroatoms. The Hall–Kier alpha value is -1.87. The number of pyridine rings is 1. The third-order valence-corrected chi connectivity index (χ3v) is 4.40. The van der Waals surface area contributed by atoms with E-state index in [0.717, 1.165) is 42.7 Å². The molecule has 1 atom stereocenters. The summed E-state index contributed by atoms with van der Waals surface area (Å²) < 4.78 is 7.36. The maximum atomic E-state index is 12.5. The molecule has 3 nitrogen and oxygen atoms in total. The molecular weight excluding hydrogens is 286 g/mol. The van der Waals surface area contributed by atoms with Crippen molar-refractivity contribution in [3.05, 3.63) is 58.0 Å². The number of hydrogen-bond acceptors (Lipinski definition) is 2. The fourth-order valence-electron chi connectivity index (χ4n) is 2.83. The number of rotatable bonds is 7. The standard InChI is InChI=1S/C20H27NO2/c1-5-17(10-11-23-4)13-21-12-16(3)20(22)19(14-21)18-8-6-15(2)7-9-18/h6-9,12,14,17H,5,10-11,13H2,1-4H3. The van der Waals surface area contributed by atoms with Gasteiger partial charge in [-0.25, -0.2) is 0 Å². The Kier molecular flexibility index (Phi) is 6.17. The van der Waals surface area contributed by atoms with Gasteiger partial charge in [-0.3, -0.25) is 4.79 Å². The fraction of sp³-hybridized carbons (Fsp3) is 0.450. The molecule has 23 heavy (non-hydrogen) atoms. The summed E-state index contributed by atoms with van der Waals surface area (Å²) in [6, 6.07) is 8.15. The molecule has 1 aromatic heterocycles. The van der Waals surface area contributed by atoms with E-state index in [1.165, 1.54) is 5.56 Å². The molecule has 0 radical (unpaired) electrons. The molecule has 1 unspecified atom stereocenters. The number of nitrogens with zero attached hydrogens (tertiary/aromatic N) is 1. The first-order valence-electron chi connectivity index (χ1n) is 8.31. The molecule has 1 heterocycles. The van der Waals surface area contributed by atoms with Crippen molar-refractivity contribution in [2.24, 2.45) is 5.92 Å². The molecular formula is C20H27NO2. The van der Waals surface area contributed by atoms with E-state index in [4.69, 9.17) is 4.74 Å². The third kappa shape index (κ3) is 4.55. The second kappa shape index (κ2) is 8.11. The number of hydrogen-bond donors (Lipinski definition) is 0. The number of ether oxygens (including phenoxy) is 1. The zero-order valence-electron chi connectivity index (χ0n) is 14.6. The zero-order valence-corrected chi connectivity index (χ0v) is 14.6. The van der Waals surface area contributed by atoms with E-state index in [1.807, 2.05) is 31.5 Å². The number of benzene rings is 1. The van der Waals surface area contributed by atoms with Gasteiger partial charge in [0.1, 0.15) is 0 Å². The molecule has 0 bridgehead atoms. The normalized spacial score (nSPS) is 12.3. The summed E-state index contributed by atoms with van der Waals surface area (Å²) >= 11 is 0. The van der Waals surface area contributed by atoms with Crippen LogP contribution in [0, 0.1) is 19.8 Å². The lowest BCUT2D eigenvalue weighted by molar-refractivity contribution is 0.171. The molecule has 0 aliphatic carbocycles. The smallest absolute Gasteiger partial charge is 0.192 e. The van der Waals surface area contributed by atoms with Crippen LogP contribution in [0.15, 0.2) is 41.5 Å². The highest BCUT2D eigenvalue weighted by atomic mass is 16.5. The van der Waals surface area contributed by atoms with Crippen molar-refractivity contribution >= 4 is 0 Å². The van der Waals surface area contributed by atoms with E-state index >= 15 is 0 Å². The maximum Gasteiger partial charge on any atom is 0.192 e. The SMILES string of the molecule is CCC(CCOC)Cn1cc(C)c(=O)c(-c2ccc(C)cc2)c1. The number of aromatic nitrogens is 1. The lowest BCUT2D eigenvalue weighted by Gasteiger charge is -2.18. The summed E-state index contributed by atoms with van der Waals surface area (Å²) in [7, 11) is 1.74. The van der Waals surface area contributed by atoms with Gasteiger partial charge in [0.05, 0.1) is 0 Å². The van der Waals surface area contributed by atoms with Crippen LogP contribution < -0.4 is 5.43 Å². The Balaban J connectivity index is 2.32. The molecule has 0 N–H and O–H groups in total. The number of methoxy groups -OCH3 is 1. The van der Waals surface area contributed by atoms with E-state index < -0.39 is 0 Å². The molecule has 0 aliphatic rings. The highest BCUT2D eigenvalue weighted by Crippen LogP contribution is 2.18. The van der Waals surface area contributed by atoms with Gasteiger partial charge in [0.25, 0.3) is 0 Å². The van der Waals surface area contributed by atoms with Gasteiger partial charge in [0, 0.05) is 43.8 Å². The Morgan fingerprint density at radius 3 is 2.43 bits per heavy atom. The minimum absolute atomic E-state index is 0.120. The summed E-state index contributed by atoms with van der Waals surface area (Å²) in [5.41, 5.74) is 3.89. The molecule has 1 aromatic carbocycles. The first kappa shape index (κ1) is 17.5. The van der Waals surface area contributed by atoms with Crippen molar-refractivity contribution in [3.63, 3.8) is 0 Å². The van der Waals surface area contributed by atoms with Crippen LogP contribution in [0.5, 0.6) is 0 Å². The van der Waals surface area contributed by atoms with Crippen LogP contribution in [0.2, 0.25) is 0 Å². The van der Waals surface area contributed by atoms with Gasteiger partial charge in [-0.05, 0) is 31.7 Å². The zero-order chi connectivity index (χ0) is 16.8. The summed E-state index contributed by atoms with van der Waals surface area (Å²) in [5.74, 6) is 0.558. The predicted molar refractivity (Wildman–Crippen MR) is 95.9 cm³/mol. The lowest BCUT2D eigenvalue weighted by Crippen LogP contribution is -2.17. The second-order valence-corrected chi connectivity index (χ2v) is 6.30. The largest absolute Gasteiger partial charge is 0.385 e. The van der Waals surface area contributed by atoms with Crippen LogP contribution in [0.4, 0.5) is 0 Å². The second-order valence-electron chi connectivity index (χ2n) is 6.30. The lowest BCUT2D eigenvalue weighted by atomic mass is 10.0. The fourth-order valence-corrected chi connectivity index (χ4v) is 2.83. The minimum atomic E-state index is 0.120. The van der Waals surface area contributed by atoms with Crippen molar-refractivity contribution in [2.45, 2.75) is 40.2 Å². The Bertz CT molecular complexity index is 686. The van der Waals surface area contributed by atoms with Crippen LogP contribution in [0.3, 0.4) is 0 Å². The highest BCUT2D eigenvalue weighted by Gasteiger charge is 2.11. The monoisotopic (exact) mass is 313 g/mol. The van der Waals surface area contributed by atoms with Gasteiger partial charge in [0.15, 0.2) is 5.43 Å². The number of aryl methyl sites for hydroxylation is 2. The summed E-state index contributed by atoms with van der Waals surface area (Å²) in [6.45, 7) is 7.85. The van der Waals surface area contributed by atoms with Gasteiger partial charge in [-0.1, -0.05) is 43.2 Å². The van der Waals surface area contributed by atoms with Gasteiger partial charge in [0.2, 0.25) is 0 Å². The molecule has 0 amide bonds. The highest BCUT2D eigenvalue weighted by molar-refractivity contribution is 5.63. The van der Waals surface area contributed by atoms with Gasteiger partial charge in [-0.15, -0.1) is 0 Å². The van der Waals surface area contributed by atoms with Crippen molar-refractivity contribution in [3.8, 4) is 11.1 Å². The van der Waals surface area contributed by atoms with E-state index in [0.29, 0.717) is 5.92 Å². The van der Waals surface area contributed by atoms with Crippen LogP contribution in [0.1, 0.15) is 30.9 Å². The van der Waals surface area contributed by atoms with Crippen LogP contribution >= 0.6 is 0 Å². The van der Waals surface area contributed by atoms with Crippen LogP contribution in [-0.4, -0.2) is 18.3 Å². The molecule has 0 fully saturated rings. The van der Waals surface area contributed by atoms with Crippen molar-refractivity contribution in [1.29, 1.82) is 0 Å².